The number of hydrogen-bond acceptors (Lipinski definition) is 6. The minimum absolute atomic E-state index is 0.0234. The summed E-state index contributed by atoms with van der Waals surface area (Å²) in [4.78, 5) is 18.5. The van der Waals surface area contributed by atoms with Crippen molar-refractivity contribution in [2.24, 2.45) is 5.92 Å². The van der Waals surface area contributed by atoms with Crippen molar-refractivity contribution in [3.63, 3.8) is 0 Å². The molecule has 6 nitrogen and oxygen atoms in total. The highest BCUT2D eigenvalue weighted by Crippen LogP contribution is 2.33. The summed E-state index contributed by atoms with van der Waals surface area (Å²) in [7, 11) is 1.45. The standard InChI is InChI=1S/C22H28N4O2/c1-28-21(27)19-11-13-26(14-12-19)22-24-20(15-23-25-22)18-9-7-17(8-10-18)16-5-3-2-4-6-16/h7-10,15-16,19H,2-6,11-14H2,1H3. The molecule has 1 aromatic heterocycles. The van der Waals surface area contributed by atoms with Crippen LogP contribution in [0.15, 0.2) is 30.5 Å². The lowest BCUT2D eigenvalue weighted by Crippen LogP contribution is -2.37. The van der Waals surface area contributed by atoms with Gasteiger partial charge in [-0.05, 0) is 37.2 Å². The number of benzene rings is 1. The van der Waals surface area contributed by atoms with E-state index in [1.807, 2.05) is 0 Å². The number of anilines is 1. The van der Waals surface area contributed by atoms with E-state index < -0.39 is 0 Å². The Bertz CT molecular complexity index is 794. The number of nitrogens with zero attached hydrogens (tertiary/aromatic N) is 4. The van der Waals surface area contributed by atoms with Gasteiger partial charge in [0.2, 0.25) is 5.95 Å². The number of hydrogen-bond donors (Lipinski definition) is 0. The Balaban J connectivity index is 1.44. The number of aromatic nitrogens is 3. The van der Waals surface area contributed by atoms with E-state index in [0.29, 0.717) is 11.9 Å². The summed E-state index contributed by atoms with van der Waals surface area (Å²) >= 11 is 0. The molecule has 2 aromatic rings. The minimum atomic E-state index is -0.120. The topological polar surface area (TPSA) is 68.2 Å². The third-order valence-corrected chi connectivity index (χ3v) is 6.14. The first-order chi connectivity index (χ1) is 13.7. The fourth-order valence-corrected chi connectivity index (χ4v) is 4.41. The smallest absolute Gasteiger partial charge is 0.308 e. The summed E-state index contributed by atoms with van der Waals surface area (Å²) in [6.45, 7) is 1.48. The Kier molecular flexibility index (Phi) is 5.84. The molecule has 2 aliphatic rings. The Morgan fingerprint density at radius 3 is 2.43 bits per heavy atom. The van der Waals surface area contributed by atoms with Gasteiger partial charge in [0.25, 0.3) is 0 Å². The molecule has 28 heavy (non-hydrogen) atoms. The first kappa shape index (κ1) is 18.8. The van der Waals surface area contributed by atoms with Crippen LogP contribution >= 0.6 is 0 Å². The van der Waals surface area contributed by atoms with E-state index in [4.69, 9.17) is 9.72 Å². The molecule has 0 bridgehead atoms. The normalized spacial score (nSPS) is 18.8. The second-order valence-electron chi connectivity index (χ2n) is 7.88. The van der Waals surface area contributed by atoms with E-state index in [1.165, 1.54) is 44.8 Å². The van der Waals surface area contributed by atoms with Gasteiger partial charge in [-0.15, -0.1) is 5.10 Å². The highest BCUT2D eigenvalue weighted by Gasteiger charge is 2.27. The van der Waals surface area contributed by atoms with Crippen molar-refractivity contribution in [3.05, 3.63) is 36.0 Å². The summed E-state index contributed by atoms with van der Waals surface area (Å²) in [5.74, 6) is 1.20. The van der Waals surface area contributed by atoms with Gasteiger partial charge < -0.3 is 9.64 Å². The highest BCUT2D eigenvalue weighted by atomic mass is 16.5. The second-order valence-corrected chi connectivity index (χ2v) is 7.88. The van der Waals surface area contributed by atoms with Crippen LogP contribution in [0.25, 0.3) is 11.3 Å². The second kappa shape index (κ2) is 8.67. The van der Waals surface area contributed by atoms with E-state index in [9.17, 15) is 4.79 Å². The van der Waals surface area contributed by atoms with Crippen LogP contribution in [0.2, 0.25) is 0 Å². The molecule has 0 atom stereocenters. The zero-order valence-corrected chi connectivity index (χ0v) is 16.5. The van der Waals surface area contributed by atoms with E-state index in [-0.39, 0.29) is 11.9 Å². The minimum Gasteiger partial charge on any atom is -0.469 e. The van der Waals surface area contributed by atoms with Gasteiger partial charge in [0.1, 0.15) is 0 Å². The number of esters is 1. The molecule has 0 spiro atoms. The summed E-state index contributed by atoms with van der Waals surface area (Å²) in [5.41, 5.74) is 3.35. The number of rotatable bonds is 4. The maximum absolute atomic E-state index is 11.7. The fourth-order valence-electron chi connectivity index (χ4n) is 4.41. The lowest BCUT2D eigenvalue weighted by Gasteiger charge is -2.30. The summed E-state index contributed by atoms with van der Waals surface area (Å²) < 4.78 is 4.86. The van der Waals surface area contributed by atoms with Crippen molar-refractivity contribution in [1.82, 2.24) is 15.2 Å². The molecule has 1 saturated carbocycles. The van der Waals surface area contributed by atoms with Gasteiger partial charge in [0.15, 0.2) is 0 Å². The van der Waals surface area contributed by atoms with Gasteiger partial charge in [-0.2, -0.15) is 5.10 Å². The molecule has 6 heteroatoms. The average Bonchev–Trinajstić information content (AvgIpc) is 2.79. The number of piperidine rings is 1. The molecular formula is C22H28N4O2. The van der Waals surface area contributed by atoms with Crippen LogP contribution in [0.5, 0.6) is 0 Å². The summed E-state index contributed by atoms with van der Waals surface area (Å²) in [6.07, 6.45) is 9.92. The zero-order valence-electron chi connectivity index (χ0n) is 16.5. The van der Waals surface area contributed by atoms with E-state index in [0.717, 1.165) is 37.2 Å². The highest BCUT2D eigenvalue weighted by molar-refractivity contribution is 5.72. The maximum atomic E-state index is 11.7. The van der Waals surface area contributed by atoms with Crippen LogP contribution in [0, 0.1) is 5.92 Å². The van der Waals surface area contributed by atoms with E-state index in [2.05, 4.69) is 39.4 Å². The van der Waals surface area contributed by atoms with Gasteiger partial charge in [-0.25, -0.2) is 4.98 Å². The molecule has 1 aliphatic heterocycles. The Labute approximate surface area is 166 Å². The molecule has 2 heterocycles. The molecule has 0 amide bonds. The number of methoxy groups -OCH3 is 1. The van der Waals surface area contributed by atoms with Crippen molar-refractivity contribution in [1.29, 1.82) is 0 Å². The molecule has 148 valence electrons. The van der Waals surface area contributed by atoms with Gasteiger partial charge in [0, 0.05) is 18.7 Å². The van der Waals surface area contributed by atoms with Gasteiger partial charge >= 0.3 is 5.97 Å². The number of carbonyl (C=O) groups is 1. The third kappa shape index (κ3) is 4.16. The molecule has 4 rings (SSSR count). The molecule has 1 saturated heterocycles. The van der Waals surface area contributed by atoms with Crippen LogP contribution in [-0.4, -0.2) is 41.3 Å². The lowest BCUT2D eigenvalue weighted by molar-refractivity contribution is -0.146. The Hall–Kier alpha value is -2.50. The van der Waals surface area contributed by atoms with Crippen molar-refractivity contribution >= 4 is 11.9 Å². The molecule has 1 aliphatic carbocycles. The van der Waals surface area contributed by atoms with Crippen LogP contribution < -0.4 is 4.90 Å². The van der Waals surface area contributed by atoms with Crippen LogP contribution in [0.3, 0.4) is 0 Å². The first-order valence-corrected chi connectivity index (χ1v) is 10.4. The van der Waals surface area contributed by atoms with Crippen LogP contribution in [0.1, 0.15) is 56.4 Å². The molecule has 2 fully saturated rings. The largest absolute Gasteiger partial charge is 0.469 e. The van der Waals surface area contributed by atoms with Gasteiger partial charge in [-0.1, -0.05) is 43.5 Å². The number of carbonyl (C=O) groups excluding carboxylic acids is 1. The van der Waals surface area contributed by atoms with Crippen LogP contribution in [-0.2, 0) is 9.53 Å². The maximum Gasteiger partial charge on any atom is 0.308 e. The van der Waals surface area contributed by atoms with Crippen molar-refractivity contribution in [2.75, 3.05) is 25.1 Å². The predicted octanol–water partition coefficient (Wildman–Crippen LogP) is 3.98. The predicted molar refractivity (Wildman–Crippen MR) is 108 cm³/mol. The molecule has 1 aromatic carbocycles. The molecule has 0 radical (unpaired) electrons. The van der Waals surface area contributed by atoms with E-state index in [1.54, 1.807) is 6.20 Å². The average molecular weight is 380 g/mol. The quantitative estimate of drug-likeness (QED) is 0.748. The zero-order chi connectivity index (χ0) is 19.3. The van der Waals surface area contributed by atoms with E-state index >= 15 is 0 Å². The summed E-state index contributed by atoms with van der Waals surface area (Å²) in [6, 6.07) is 8.80. The first-order valence-electron chi connectivity index (χ1n) is 10.4. The van der Waals surface area contributed by atoms with Crippen molar-refractivity contribution in [2.45, 2.75) is 50.9 Å². The van der Waals surface area contributed by atoms with Crippen molar-refractivity contribution in [3.8, 4) is 11.3 Å². The van der Waals surface area contributed by atoms with Gasteiger partial charge in [-0.3, -0.25) is 4.79 Å². The van der Waals surface area contributed by atoms with Crippen LogP contribution in [0.4, 0.5) is 5.95 Å². The monoisotopic (exact) mass is 380 g/mol. The fraction of sp³-hybridized carbons (Fsp3) is 0.545. The SMILES string of the molecule is COC(=O)C1CCN(c2nncc(-c3ccc(C4CCCCC4)cc3)n2)CC1. The Morgan fingerprint density at radius 1 is 1.04 bits per heavy atom. The Morgan fingerprint density at radius 2 is 1.75 bits per heavy atom. The summed E-state index contributed by atoms with van der Waals surface area (Å²) in [5, 5.41) is 8.39. The van der Waals surface area contributed by atoms with Crippen molar-refractivity contribution < 1.29 is 9.53 Å². The molecule has 0 N–H and O–H groups in total. The number of ether oxygens (including phenoxy) is 1. The lowest BCUT2D eigenvalue weighted by atomic mass is 9.84. The van der Waals surface area contributed by atoms with Gasteiger partial charge in [0.05, 0.1) is 24.9 Å². The molecule has 0 unspecified atom stereocenters. The third-order valence-electron chi connectivity index (χ3n) is 6.14. The molecular weight excluding hydrogens is 352 g/mol.